The first-order chi connectivity index (χ1) is 25.3. The van der Waals surface area contributed by atoms with Gasteiger partial charge in [-0.25, -0.2) is 0 Å². The summed E-state index contributed by atoms with van der Waals surface area (Å²) in [5.41, 5.74) is 8.20. The van der Waals surface area contributed by atoms with Crippen molar-refractivity contribution < 1.29 is 14.3 Å². The molecule has 1 saturated carbocycles. The number of aromatic amines is 1. The fraction of sp³-hybridized carbons (Fsp3) is 0.524. The summed E-state index contributed by atoms with van der Waals surface area (Å²) >= 11 is 0. The van der Waals surface area contributed by atoms with Crippen molar-refractivity contribution >= 4 is 39.6 Å². The van der Waals surface area contributed by atoms with Gasteiger partial charge in [0.15, 0.2) is 0 Å². The lowest BCUT2D eigenvalue weighted by atomic mass is 9.72. The number of nitrogens with zero attached hydrogens (tertiary/aromatic N) is 6. The van der Waals surface area contributed by atoms with Crippen molar-refractivity contribution in [3.05, 3.63) is 60.3 Å². The molecule has 10 heteroatoms. The van der Waals surface area contributed by atoms with Crippen LogP contribution in [0.15, 0.2) is 43.6 Å². The average molecular weight is 704 g/mol. The standard InChI is InChI=1S/C42H53N7O3/c1-6-29-23-32-39(38(30-9-8-10-30)37(29)36-28(5)11-12-34-33(36)24-43-46-34)44-41(52-31-13-17-47(18-14-31)21-22-51-27(3)4)45-40(32)48-19-15-42(16-20-48)25-49(26-42)35(50)7-2/h6-7,11-12,23-24,27,30-31H,1-2,8-10,13-22,25-26H2,3-5H3,(H,43,46). The maximum Gasteiger partial charge on any atom is 0.319 e. The van der Waals surface area contributed by atoms with Crippen LogP contribution in [0.25, 0.3) is 39.0 Å². The van der Waals surface area contributed by atoms with Crippen LogP contribution in [0.5, 0.6) is 6.01 Å². The molecule has 4 aromatic rings. The third kappa shape index (κ3) is 6.49. The zero-order chi connectivity index (χ0) is 36.0. The van der Waals surface area contributed by atoms with Crippen LogP contribution in [0.2, 0.25) is 0 Å². The minimum absolute atomic E-state index is 0.0315. The summed E-state index contributed by atoms with van der Waals surface area (Å²) in [7, 11) is 0. The van der Waals surface area contributed by atoms with Gasteiger partial charge in [0.05, 0.1) is 29.9 Å². The van der Waals surface area contributed by atoms with Crippen LogP contribution < -0.4 is 9.64 Å². The van der Waals surface area contributed by atoms with Crippen molar-refractivity contribution in [2.45, 2.75) is 83.8 Å². The number of aryl methyl sites for hydroxylation is 1. The molecule has 3 saturated heterocycles. The van der Waals surface area contributed by atoms with Crippen molar-refractivity contribution in [2.24, 2.45) is 5.41 Å². The highest BCUT2D eigenvalue weighted by atomic mass is 16.5. The molecule has 0 radical (unpaired) electrons. The van der Waals surface area contributed by atoms with Gasteiger partial charge in [-0.1, -0.05) is 31.7 Å². The summed E-state index contributed by atoms with van der Waals surface area (Å²) < 4.78 is 12.6. The van der Waals surface area contributed by atoms with Crippen LogP contribution in [0.4, 0.5) is 5.82 Å². The lowest BCUT2D eigenvalue weighted by Crippen LogP contribution is -2.61. The van der Waals surface area contributed by atoms with Gasteiger partial charge in [0, 0.05) is 62.0 Å². The molecule has 8 rings (SSSR count). The number of hydrogen-bond acceptors (Lipinski definition) is 8. The SMILES string of the molecule is C=CC(=O)N1CC2(CCN(c3nc(OC4CCN(CCOC(C)C)CC4)nc4c(C5CCC5)c(-c5c(C)ccc6[nH]ncc56)c(C=C)cc34)CC2)C1. The van der Waals surface area contributed by atoms with Crippen LogP contribution >= 0.6 is 0 Å². The topological polar surface area (TPSA) is 99.7 Å². The van der Waals surface area contributed by atoms with Gasteiger partial charge in [-0.05, 0) is 111 Å². The third-order valence-corrected chi connectivity index (χ3v) is 12.2. The Morgan fingerprint density at radius 2 is 1.81 bits per heavy atom. The summed E-state index contributed by atoms with van der Waals surface area (Å²) in [6.07, 6.45) is 13.1. The Hall–Kier alpha value is -4.28. The second-order valence-corrected chi connectivity index (χ2v) is 15.9. The van der Waals surface area contributed by atoms with Gasteiger partial charge in [-0.3, -0.25) is 9.89 Å². The van der Waals surface area contributed by atoms with Gasteiger partial charge in [-0.15, -0.1) is 0 Å². The van der Waals surface area contributed by atoms with E-state index in [0.717, 1.165) is 124 Å². The number of likely N-dealkylation sites (tertiary alicyclic amines) is 2. The quantitative estimate of drug-likeness (QED) is 0.163. The minimum atomic E-state index is 0.0315. The Bertz CT molecular complexity index is 1970. The summed E-state index contributed by atoms with van der Waals surface area (Å²) in [5.74, 6) is 1.37. The molecule has 0 bridgehead atoms. The molecule has 10 nitrogen and oxygen atoms in total. The number of carbonyl (C=O) groups excluding carboxylic acids is 1. The predicted octanol–water partition coefficient (Wildman–Crippen LogP) is 7.28. The highest BCUT2D eigenvalue weighted by Crippen LogP contribution is 2.50. The van der Waals surface area contributed by atoms with E-state index in [-0.39, 0.29) is 23.5 Å². The minimum Gasteiger partial charge on any atom is -0.460 e. The molecule has 1 N–H and O–H groups in total. The molecule has 0 unspecified atom stereocenters. The molecular weight excluding hydrogens is 651 g/mol. The van der Waals surface area contributed by atoms with Crippen LogP contribution in [0.1, 0.15) is 81.4 Å². The maximum atomic E-state index is 12.3. The van der Waals surface area contributed by atoms with Gasteiger partial charge in [-0.2, -0.15) is 15.1 Å². The zero-order valence-corrected chi connectivity index (χ0v) is 31.1. The molecule has 274 valence electrons. The molecule has 4 aliphatic rings. The second-order valence-electron chi connectivity index (χ2n) is 15.9. The third-order valence-electron chi connectivity index (χ3n) is 12.2. The van der Waals surface area contributed by atoms with E-state index in [0.29, 0.717) is 11.9 Å². The Labute approximate surface area is 307 Å². The number of H-pyrrole nitrogens is 1. The molecule has 5 heterocycles. The van der Waals surface area contributed by atoms with Crippen molar-refractivity contribution in [3.63, 3.8) is 0 Å². The van der Waals surface area contributed by atoms with E-state index in [1.165, 1.54) is 34.8 Å². The largest absolute Gasteiger partial charge is 0.460 e. The second kappa shape index (κ2) is 14.3. The van der Waals surface area contributed by atoms with Crippen LogP contribution in [-0.2, 0) is 9.53 Å². The Morgan fingerprint density at radius 3 is 2.48 bits per heavy atom. The van der Waals surface area contributed by atoms with E-state index in [9.17, 15) is 4.79 Å². The first kappa shape index (κ1) is 34.8. The molecule has 3 aliphatic heterocycles. The van der Waals surface area contributed by atoms with Gasteiger partial charge >= 0.3 is 6.01 Å². The van der Waals surface area contributed by atoms with E-state index >= 15 is 0 Å². The van der Waals surface area contributed by atoms with Crippen molar-refractivity contribution in [1.29, 1.82) is 0 Å². The summed E-state index contributed by atoms with van der Waals surface area (Å²) in [6.45, 7) is 21.4. The van der Waals surface area contributed by atoms with Gasteiger partial charge in [0.25, 0.3) is 0 Å². The van der Waals surface area contributed by atoms with E-state index in [4.69, 9.17) is 19.4 Å². The molecule has 1 aliphatic carbocycles. The molecule has 2 aromatic heterocycles. The highest BCUT2D eigenvalue weighted by molar-refractivity contribution is 6.05. The Balaban J connectivity index is 1.19. The number of amides is 1. The first-order valence-corrected chi connectivity index (χ1v) is 19.4. The summed E-state index contributed by atoms with van der Waals surface area (Å²) in [5, 5.41) is 9.82. The first-order valence-electron chi connectivity index (χ1n) is 19.4. The van der Waals surface area contributed by atoms with Gasteiger partial charge < -0.3 is 24.2 Å². The fourth-order valence-corrected chi connectivity index (χ4v) is 8.94. The number of benzene rings is 2. The molecule has 4 fully saturated rings. The highest BCUT2D eigenvalue weighted by Gasteiger charge is 2.46. The van der Waals surface area contributed by atoms with Gasteiger partial charge in [0.1, 0.15) is 11.9 Å². The number of ether oxygens (including phenoxy) is 2. The Morgan fingerprint density at radius 1 is 1.04 bits per heavy atom. The molecule has 0 atom stereocenters. The number of fused-ring (bicyclic) bond motifs is 2. The zero-order valence-electron chi connectivity index (χ0n) is 31.1. The van der Waals surface area contributed by atoms with E-state index in [1.807, 2.05) is 17.2 Å². The molecular formula is C42H53N7O3. The van der Waals surface area contributed by atoms with Crippen molar-refractivity contribution in [2.75, 3.05) is 57.3 Å². The molecule has 2 aromatic carbocycles. The predicted molar refractivity (Wildman–Crippen MR) is 208 cm³/mol. The number of hydrogen-bond donors (Lipinski definition) is 1. The van der Waals surface area contributed by atoms with Crippen molar-refractivity contribution in [1.82, 2.24) is 30.0 Å². The van der Waals surface area contributed by atoms with Crippen LogP contribution in [0, 0.1) is 12.3 Å². The molecule has 1 spiro atoms. The van der Waals surface area contributed by atoms with Crippen LogP contribution in [0.3, 0.4) is 0 Å². The number of anilines is 1. The normalized spacial score (nSPS) is 19.7. The Kier molecular flexibility index (Phi) is 9.55. The number of aromatic nitrogens is 4. The monoisotopic (exact) mass is 703 g/mol. The van der Waals surface area contributed by atoms with E-state index in [2.05, 4.69) is 72.1 Å². The maximum absolute atomic E-state index is 12.3. The number of carbonyl (C=O) groups is 1. The lowest BCUT2D eigenvalue weighted by Gasteiger charge is -2.54. The van der Waals surface area contributed by atoms with E-state index in [1.54, 1.807) is 0 Å². The lowest BCUT2D eigenvalue weighted by molar-refractivity contribution is -0.139. The van der Waals surface area contributed by atoms with Gasteiger partial charge in [0.2, 0.25) is 5.91 Å². The molecule has 1 amide bonds. The van der Waals surface area contributed by atoms with Crippen LogP contribution in [-0.4, -0.2) is 101 Å². The summed E-state index contributed by atoms with van der Waals surface area (Å²) in [4.78, 5) is 29.7. The fourth-order valence-electron chi connectivity index (χ4n) is 8.94. The number of nitrogens with one attached hydrogen (secondary N) is 1. The summed E-state index contributed by atoms with van der Waals surface area (Å²) in [6, 6.07) is 7.05. The molecule has 52 heavy (non-hydrogen) atoms. The number of rotatable bonds is 11. The smallest absolute Gasteiger partial charge is 0.319 e. The average Bonchev–Trinajstić information content (AvgIpc) is 3.59. The van der Waals surface area contributed by atoms with Crippen molar-refractivity contribution in [3.8, 4) is 17.1 Å². The van der Waals surface area contributed by atoms with E-state index < -0.39 is 0 Å². The number of piperidine rings is 2.